The van der Waals surface area contributed by atoms with Gasteiger partial charge in [0.05, 0.1) is 6.20 Å². The number of carboxylic acid groups (broad SMARTS) is 1. The maximum Gasteiger partial charge on any atom is 0.358 e. The molecule has 1 fully saturated rings. The van der Waals surface area contributed by atoms with E-state index in [9.17, 15) is 9.59 Å². The summed E-state index contributed by atoms with van der Waals surface area (Å²) in [6, 6.07) is 0. The number of amides is 1. The number of anilines is 1. The third-order valence-corrected chi connectivity index (χ3v) is 3.10. The Kier molecular flexibility index (Phi) is 3.58. The first-order valence-corrected chi connectivity index (χ1v) is 6.08. The monoisotopic (exact) mass is 314 g/mol. The predicted molar refractivity (Wildman–Crippen MR) is 66.2 cm³/mol. The van der Waals surface area contributed by atoms with Gasteiger partial charge in [-0.25, -0.2) is 14.8 Å². The second-order valence-corrected chi connectivity index (χ2v) is 4.79. The van der Waals surface area contributed by atoms with E-state index in [2.05, 4.69) is 25.9 Å². The van der Waals surface area contributed by atoms with Crippen LogP contribution in [0.15, 0.2) is 10.8 Å². The van der Waals surface area contributed by atoms with Crippen molar-refractivity contribution in [3.05, 3.63) is 16.5 Å². The zero-order valence-corrected chi connectivity index (χ0v) is 10.9. The molecule has 1 atom stereocenters. The molecule has 0 radical (unpaired) electrons. The minimum absolute atomic E-state index is 0.0320. The van der Waals surface area contributed by atoms with Gasteiger partial charge in [-0.2, -0.15) is 0 Å². The summed E-state index contributed by atoms with van der Waals surface area (Å²) in [7, 11) is 0. The second kappa shape index (κ2) is 4.99. The third kappa shape index (κ3) is 2.34. The van der Waals surface area contributed by atoms with Crippen LogP contribution in [0.2, 0.25) is 0 Å². The quantitative estimate of drug-likeness (QED) is 0.827. The Hall–Kier alpha value is -1.54. The molecule has 0 aliphatic carbocycles. The van der Waals surface area contributed by atoms with Gasteiger partial charge in [-0.3, -0.25) is 9.69 Å². The van der Waals surface area contributed by atoms with Crippen molar-refractivity contribution in [3.8, 4) is 0 Å². The lowest BCUT2D eigenvalue weighted by molar-refractivity contribution is -0.117. The van der Waals surface area contributed by atoms with Gasteiger partial charge in [0.2, 0.25) is 5.91 Å². The van der Waals surface area contributed by atoms with Gasteiger partial charge in [-0.1, -0.05) is 0 Å². The van der Waals surface area contributed by atoms with Gasteiger partial charge in [-0.05, 0) is 28.4 Å². The van der Waals surface area contributed by atoms with Gasteiger partial charge in [0, 0.05) is 13.0 Å². The van der Waals surface area contributed by atoms with E-state index < -0.39 is 5.97 Å². The van der Waals surface area contributed by atoms with E-state index in [0.717, 1.165) is 0 Å². The Morgan fingerprint density at radius 2 is 2.39 bits per heavy atom. The fourth-order valence-corrected chi connectivity index (χ4v) is 2.13. The molecule has 1 aromatic rings. The number of rotatable bonds is 3. The fraction of sp³-hybridized carbons (Fsp3) is 0.400. The molecule has 2 rings (SSSR count). The minimum Gasteiger partial charge on any atom is -0.476 e. The molecule has 18 heavy (non-hydrogen) atoms. The second-order valence-electron chi connectivity index (χ2n) is 3.98. The smallest absolute Gasteiger partial charge is 0.358 e. The van der Waals surface area contributed by atoms with Gasteiger partial charge in [0.1, 0.15) is 4.60 Å². The molecule has 2 heterocycles. The predicted octanol–water partition coefficient (Wildman–Crippen LogP) is 0.249. The van der Waals surface area contributed by atoms with Crippen molar-refractivity contribution in [1.82, 2.24) is 9.97 Å². The number of halogens is 1. The summed E-state index contributed by atoms with van der Waals surface area (Å²) in [5.41, 5.74) is 5.28. The molecule has 1 unspecified atom stereocenters. The summed E-state index contributed by atoms with van der Waals surface area (Å²) in [6.45, 7) is 0.764. The average molecular weight is 315 g/mol. The molecular formula is C10H11BrN4O3. The highest BCUT2D eigenvalue weighted by atomic mass is 79.9. The molecule has 0 bridgehead atoms. The van der Waals surface area contributed by atoms with Crippen LogP contribution in [0, 0.1) is 5.92 Å². The number of aromatic carboxylic acids is 1. The van der Waals surface area contributed by atoms with Crippen LogP contribution < -0.4 is 10.6 Å². The van der Waals surface area contributed by atoms with Crippen LogP contribution in [0.25, 0.3) is 0 Å². The van der Waals surface area contributed by atoms with Crippen molar-refractivity contribution < 1.29 is 14.7 Å². The third-order valence-electron chi connectivity index (χ3n) is 2.72. The molecule has 1 aliphatic rings. The number of aromatic nitrogens is 2. The highest BCUT2D eigenvalue weighted by Gasteiger charge is 2.33. The van der Waals surface area contributed by atoms with E-state index in [0.29, 0.717) is 24.1 Å². The molecule has 0 aromatic carbocycles. The van der Waals surface area contributed by atoms with Gasteiger partial charge < -0.3 is 10.8 Å². The van der Waals surface area contributed by atoms with Crippen LogP contribution in [0.5, 0.6) is 0 Å². The Balaban J connectivity index is 2.39. The van der Waals surface area contributed by atoms with Crippen molar-refractivity contribution >= 4 is 33.6 Å². The molecule has 0 saturated carbocycles. The summed E-state index contributed by atoms with van der Waals surface area (Å²) < 4.78 is 0.311. The highest BCUT2D eigenvalue weighted by Crippen LogP contribution is 2.25. The summed E-state index contributed by atoms with van der Waals surface area (Å²) in [4.78, 5) is 32.0. The van der Waals surface area contributed by atoms with E-state index in [1.54, 1.807) is 0 Å². The van der Waals surface area contributed by atoms with Gasteiger partial charge in [0.15, 0.2) is 11.5 Å². The SMILES string of the molecule is NCC1CC(=O)N(c2ncc(Br)nc2C(=O)O)C1. The normalized spacial score (nSPS) is 19.3. The molecule has 1 amide bonds. The summed E-state index contributed by atoms with van der Waals surface area (Å²) in [5, 5.41) is 9.07. The number of carbonyl (C=O) groups is 2. The number of carbonyl (C=O) groups excluding carboxylic acids is 1. The lowest BCUT2D eigenvalue weighted by Crippen LogP contribution is -2.29. The van der Waals surface area contributed by atoms with Crippen molar-refractivity contribution in [3.63, 3.8) is 0 Å². The van der Waals surface area contributed by atoms with Crippen LogP contribution in [-0.4, -0.2) is 40.0 Å². The topological polar surface area (TPSA) is 109 Å². The Morgan fingerprint density at radius 3 is 2.94 bits per heavy atom. The van der Waals surface area contributed by atoms with E-state index >= 15 is 0 Å². The Morgan fingerprint density at radius 1 is 1.67 bits per heavy atom. The Labute approximate surface area is 111 Å². The van der Waals surface area contributed by atoms with Crippen molar-refractivity contribution in [2.75, 3.05) is 18.0 Å². The molecule has 7 nitrogen and oxygen atoms in total. The van der Waals surface area contributed by atoms with Crippen LogP contribution in [-0.2, 0) is 4.79 Å². The molecule has 8 heteroatoms. The lowest BCUT2D eigenvalue weighted by Gasteiger charge is -2.16. The van der Waals surface area contributed by atoms with Gasteiger partial charge >= 0.3 is 5.97 Å². The zero-order chi connectivity index (χ0) is 13.3. The zero-order valence-electron chi connectivity index (χ0n) is 9.34. The molecule has 96 valence electrons. The van der Waals surface area contributed by atoms with Crippen LogP contribution in [0.4, 0.5) is 5.82 Å². The average Bonchev–Trinajstić information content (AvgIpc) is 2.70. The molecule has 1 saturated heterocycles. The number of hydrogen-bond donors (Lipinski definition) is 2. The molecule has 1 aliphatic heterocycles. The van der Waals surface area contributed by atoms with E-state index in [4.69, 9.17) is 10.8 Å². The van der Waals surface area contributed by atoms with Crippen molar-refractivity contribution in [2.24, 2.45) is 11.7 Å². The number of nitrogens with zero attached hydrogens (tertiary/aromatic N) is 3. The number of nitrogens with two attached hydrogens (primary N) is 1. The van der Waals surface area contributed by atoms with Gasteiger partial charge in [0.25, 0.3) is 0 Å². The summed E-state index contributed by atoms with van der Waals surface area (Å²) in [5.74, 6) is -1.29. The van der Waals surface area contributed by atoms with Crippen LogP contribution in [0.3, 0.4) is 0 Å². The van der Waals surface area contributed by atoms with Gasteiger partial charge in [-0.15, -0.1) is 0 Å². The lowest BCUT2D eigenvalue weighted by atomic mass is 10.1. The molecule has 1 aromatic heterocycles. The Bertz CT molecular complexity index is 508. The standard InChI is InChI=1S/C10H11BrN4O3/c11-6-3-13-9(8(14-6)10(17)18)15-4-5(2-12)1-7(15)16/h3,5H,1-2,4,12H2,(H,17,18). The molecular weight excluding hydrogens is 304 g/mol. The first-order chi connectivity index (χ1) is 8.52. The highest BCUT2D eigenvalue weighted by molar-refractivity contribution is 9.10. The van der Waals surface area contributed by atoms with Crippen LogP contribution >= 0.6 is 15.9 Å². The summed E-state index contributed by atoms with van der Waals surface area (Å²) in [6.07, 6.45) is 1.68. The largest absolute Gasteiger partial charge is 0.476 e. The number of hydrogen-bond acceptors (Lipinski definition) is 5. The first-order valence-electron chi connectivity index (χ1n) is 5.29. The van der Waals surface area contributed by atoms with E-state index in [-0.39, 0.29) is 23.3 Å². The summed E-state index contributed by atoms with van der Waals surface area (Å²) >= 11 is 3.05. The van der Waals surface area contributed by atoms with E-state index in [1.165, 1.54) is 11.1 Å². The fourth-order valence-electron chi connectivity index (χ4n) is 1.85. The van der Waals surface area contributed by atoms with Crippen molar-refractivity contribution in [1.29, 1.82) is 0 Å². The van der Waals surface area contributed by atoms with Crippen molar-refractivity contribution in [2.45, 2.75) is 6.42 Å². The maximum atomic E-state index is 11.8. The minimum atomic E-state index is -1.22. The first kappa shape index (κ1) is 12.9. The van der Waals surface area contributed by atoms with E-state index in [1.807, 2.05) is 0 Å². The number of carboxylic acids is 1. The van der Waals surface area contributed by atoms with Crippen LogP contribution in [0.1, 0.15) is 16.9 Å². The molecule has 3 N–H and O–H groups in total. The molecule has 0 spiro atoms. The maximum absolute atomic E-state index is 11.8.